The molecule has 34 heavy (non-hydrogen) atoms. The summed E-state index contributed by atoms with van der Waals surface area (Å²) in [5, 5.41) is 5.92. The van der Waals surface area contributed by atoms with Gasteiger partial charge < -0.3 is 14.2 Å². The Morgan fingerprint density at radius 1 is 0.853 bits per heavy atom. The maximum absolute atomic E-state index is 12.2. The van der Waals surface area contributed by atoms with Crippen molar-refractivity contribution in [2.75, 3.05) is 13.7 Å². The van der Waals surface area contributed by atoms with Crippen LogP contribution in [0.25, 0.3) is 10.8 Å². The highest BCUT2D eigenvalue weighted by Gasteiger charge is 2.09. The number of methoxy groups -OCH3 is 1. The van der Waals surface area contributed by atoms with Gasteiger partial charge in [-0.3, -0.25) is 4.79 Å². The number of benzene rings is 4. The molecule has 0 saturated heterocycles. The molecule has 7 heteroatoms. The average molecular weight is 454 g/mol. The van der Waals surface area contributed by atoms with Crippen molar-refractivity contribution < 1.29 is 23.8 Å². The molecule has 0 saturated carbocycles. The highest BCUT2D eigenvalue weighted by Crippen LogP contribution is 2.25. The number of nitrogens with one attached hydrogen (secondary N) is 1. The zero-order valence-corrected chi connectivity index (χ0v) is 18.4. The highest BCUT2D eigenvalue weighted by atomic mass is 16.5. The molecular formula is C27H22N2O5. The second-order valence-corrected chi connectivity index (χ2v) is 7.25. The maximum atomic E-state index is 12.2. The summed E-state index contributed by atoms with van der Waals surface area (Å²) in [5.74, 6) is 0.839. The molecule has 0 atom stereocenters. The summed E-state index contributed by atoms with van der Waals surface area (Å²) in [5.41, 5.74) is 3.58. The molecule has 0 aliphatic heterocycles. The van der Waals surface area contributed by atoms with Crippen LogP contribution in [0.4, 0.5) is 0 Å². The first kappa shape index (κ1) is 22.5. The second-order valence-electron chi connectivity index (χ2n) is 7.25. The van der Waals surface area contributed by atoms with Crippen LogP contribution in [0.5, 0.6) is 17.2 Å². The summed E-state index contributed by atoms with van der Waals surface area (Å²) >= 11 is 0. The van der Waals surface area contributed by atoms with Crippen molar-refractivity contribution in [1.29, 1.82) is 0 Å². The average Bonchev–Trinajstić information content (AvgIpc) is 2.88. The molecular weight excluding hydrogens is 432 g/mol. The van der Waals surface area contributed by atoms with E-state index in [1.807, 2.05) is 42.5 Å². The van der Waals surface area contributed by atoms with Crippen LogP contribution in [0.15, 0.2) is 96.1 Å². The third-order valence-corrected chi connectivity index (χ3v) is 4.93. The van der Waals surface area contributed by atoms with Gasteiger partial charge in [-0.05, 0) is 65.5 Å². The van der Waals surface area contributed by atoms with Gasteiger partial charge in [-0.2, -0.15) is 5.10 Å². The molecule has 0 bridgehead atoms. The number of esters is 1. The van der Waals surface area contributed by atoms with Crippen LogP contribution in [0.2, 0.25) is 0 Å². The van der Waals surface area contributed by atoms with E-state index in [0.717, 1.165) is 16.3 Å². The van der Waals surface area contributed by atoms with Gasteiger partial charge in [0.15, 0.2) is 6.61 Å². The van der Waals surface area contributed by atoms with Crippen LogP contribution in [-0.2, 0) is 4.79 Å². The van der Waals surface area contributed by atoms with Gasteiger partial charge in [0.05, 0.1) is 18.9 Å². The Labute approximate surface area is 196 Å². The second kappa shape index (κ2) is 10.8. The zero-order valence-electron chi connectivity index (χ0n) is 18.4. The van der Waals surface area contributed by atoms with Gasteiger partial charge in [0.1, 0.15) is 17.2 Å². The summed E-state index contributed by atoms with van der Waals surface area (Å²) in [7, 11) is 1.56. The van der Waals surface area contributed by atoms with Crippen LogP contribution >= 0.6 is 0 Å². The highest BCUT2D eigenvalue weighted by molar-refractivity contribution is 5.91. The molecule has 0 unspecified atom stereocenters. The van der Waals surface area contributed by atoms with E-state index in [1.165, 1.54) is 6.21 Å². The van der Waals surface area contributed by atoms with Crippen LogP contribution in [0, 0.1) is 0 Å². The quantitative estimate of drug-likeness (QED) is 0.182. The van der Waals surface area contributed by atoms with Gasteiger partial charge >= 0.3 is 5.97 Å². The van der Waals surface area contributed by atoms with E-state index in [9.17, 15) is 9.59 Å². The number of hydrogen-bond acceptors (Lipinski definition) is 6. The molecule has 0 heterocycles. The van der Waals surface area contributed by atoms with Crippen molar-refractivity contribution in [3.8, 4) is 17.2 Å². The molecule has 4 rings (SSSR count). The molecule has 0 spiro atoms. The Kier molecular flexibility index (Phi) is 7.15. The van der Waals surface area contributed by atoms with E-state index < -0.39 is 5.97 Å². The standard InChI is InChI=1S/C27H22N2O5/c1-32-22-15-11-21(12-16-22)27(31)34-23-13-9-19(10-14-23)17-28-29-26(30)18-33-25-8-4-6-20-5-2-3-7-24(20)25/h2-17H,18H2,1H3,(H,29,30)/b28-17-. The Balaban J connectivity index is 1.26. The third-order valence-electron chi connectivity index (χ3n) is 4.93. The molecule has 7 nitrogen and oxygen atoms in total. The zero-order chi connectivity index (χ0) is 23.8. The Bertz CT molecular complexity index is 1310. The van der Waals surface area contributed by atoms with Crippen molar-refractivity contribution in [1.82, 2.24) is 5.43 Å². The number of carbonyl (C=O) groups is 2. The SMILES string of the molecule is COc1ccc(C(=O)Oc2ccc(/C=N\NC(=O)COc3cccc4ccccc34)cc2)cc1. The van der Waals surface area contributed by atoms with Crippen molar-refractivity contribution in [2.45, 2.75) is 0 Å². The lowest BCUT2D eigenvalue weighted by molar-refractivity contribution is -0.123. The first-order valence-electron chi connectivity index (χ1n) is 10.5. The molecule has 4 aromatic carbocycles. The van der Waals surface area contributed by atoms with Crippen LogP contribution in [0.3, 0.4) is 0 Å². The number of hydrazone groups is 1. The maximum Gasteiger partial charge on any atom is 0.343 e. The summed E-state index contributed by atoms with van der Waals surface area (Å²) in [6, 6.07) is 26.9. The molecule has 0 aliphatic carbocycles. The number of fused-ring (bicyclic) bond motifs is 1. The van der Waals surface area contributed by atoms with E-state index in [2.05, 4.69) is 10.5 Å². The fraction of sp³-hybridized carbons (Fsp3) is 0.0741. The number of rotatable bonds is 8. The molecule has 0 fully saturated rings. The minimum atomic E-state index is -0.470. The van der Waals surface area contributed by atoms with Crippen LogP contribution in [-0.4, -0.2) is 31.8 Å². The van der Waals surface area contributed by atoms with Crippen molar-refractivity contribution >= 4 is 28.9 Å². The van der Waals surface area contributed by atoms with Gasteiger partial charge in [0.2, 0.25) is 0 Å². The molecule has 1 amide bonds. The minimum Gasteiger partial charge on any atom is -0.497 e. The molecule has 0 radical (unpaired) electrons. The number of carbonyl (C=O) groups excluding carboxylic acids is 2. The first-order chi connectivity index (χ1) is 16.6. The Morgan fingerprint density at radius 3 is 2.32 bits per heavy atom. The van der Waals surface area contributed by atoms with Gasteiger partial charge in [-0.25, -0.2) is 10.2 Å². The first-order valence-corrected chi connectivity index (χ1v) is 10.5. The smallest absolute Gasteiger partial charge is 0.343 e. The van der Waals surface area contributed by atoms with Gasteiger partial charge in [-0.15, -0.1) is 0 Å². The Morgan fingerprint density at radius 2 is 1.56 bits per heavy atom. The molecule has 170 valence electrons. The third kappa shape index (κ3) is 5.77. The Hall–Kier alpha value is -4.65. The van der Waals surface area contributed by atoms with E-state index in [4.69, 9.17) is 14.2 Å². The lowest BCUT2D eigenvalue weighted by Gasteiger charge is -2.08. The topological polar surface area (TPSA) is 86.2 Å². The number of nitrogens with zero attached hydrogens (tertiary/aromatic N) is 1. The predicted octanol–water partition coefficient (Wildman–Crippen LogP) is 4.60. The lowest BCUT2D eigenvalue weighted by atomic mass is 10.1. The molecule has 4 aromatic rings. The number of ether oxygens (including phenoxy) is 3. The van der Waals surface area contributed by atoms with Crippen LogP contribution in [0.1, 0.15) is 15.9 Å². The van der Waals surface area contributed by atoms with Crippen molar-refractivity contribution in [3.05, 3.63) is 102 Å². The van der Waals surface area contributed by atoms with E-state index >= 15 is 0 Å². The number of amides is 1. The van der Waals surface area contributed by atoms with Crippen molar-refractivity contribution in [2.24, 2.45) is 5.10 Å². The lowest BCUT2D eigenvalue weighted by Crippen LogP contribution is -2.24. The minimum absolute atomic E-state index is 0.161. The summed E-state index contributed by atoms with van der Waals surface area (Å²) in [6.07, 6.45) is 1.49. The summed E-state index contributed by atoms with van der Waals surface area (Å²) in [4.78, 5) is 24.3. The summed E-state index contributed by atoms with van der Waals surface area (Å²) < 4.78 is 16.1. The predicted molar refractivity (Wildman–Crippen MR) is 130 cm³/mol. The monoisotopic (exact) mass is 454 g/mol. The van der Waals surface area contributed by atoms with Gasteiger partial charge in [0.25, 0.3) is 5.91 Å². The van der Waals surface area contributed by atoms with Crippen LogP contribution < -0.4 is 19.6 Å². The number of hydrogen-bond donors (Lipinski definition) is 1. The molecule has 0 aromatic heterocycles. The van der Waals surface area contributed by atoms with Gasteiger partial charge in [-0.1, -0.05) is 36.4 Å². The fourth-order valence-electron chi connectivity index (χ4n) is 3.19. The fourth-order valence-corrected chi connectivity index (χ4v) is 3.19. The van der Waals surface area contributed by atoms with Gasteiger partial charge in [0, 0.05) is 5.39 Å². The van der Waals surface area contributed by atoms with E-state index in [1.54, 1.807) is 55.6 Å². The molecule has 1 N–H and O–H groups in total. The summed E-state index contributed by atoms with van der Waals surface area (Å²) in [6.45, 7) is -0.161. The van der Waals surface area contributed by atoms with Crippen molar-refractivity contribution in [3.63, 3.8) is 0 Å². The molecule has 0 aliphatic rings. The largest absolute Gasteiger partial charge is 0.497 e. The normalized spacial score (nSPS) is 10.7. The van der Waals surface area contributed by atoms with E-state index in [-0.39, 0.29) is 12.5 Å². The van der Waals surface area contributed by atoms with E-state index in [0.29, 0.717) is 22.8 Å².